The molecule has 6 nitrogen and oxygen atoms in total. The molecule has 0 aromatic rings. The lowest BCUT2D eigenvalue weighted by Gasteiger charge is -2.36. The van der Waals surface area contributed by atoms with E-state index in [4.69, 9.17) is 0 Å². The SMILES string of the molecule is CC[C@H](C)[C@H](NC(=O)[C@H]([C@@H](C)CC)N(C)C(C)C)C(=O)C[C@H](C(=O)C(C)C)[C@H](C)O. The van der Waals surface area contributed by atoms with Crippen LogP contribution in [0.2, 0.25) is 0 Å². The fourth-order valence-electron chi connectivity index (χ4n) is 3.68. The molecule has 0 aromatic heterocycles. The van der Waals surface area contributed by atoms with Crippen LogP contribution in [0, 0.1) is 23.7 Å². The van der Waals surface area contributed by atoms with E-state index in [9.17, 15) is 19.5 Å². The molecule has 2 N–H and O–H groups in total. The molecule has 0 unspecified atom stereocenters. The first-order valence-electron chi connectivity index (χ1n) is 11.6. The van der Waals surface area contributed by atoms with Gasteiger partial charge in [0, 0.05) is 18.4 Å². The van der Waals surface area contributed by atoms with E-state index in [1.807, 2.05) is 46.6 Å². The molecule has 0 aliphatic heterocycles. The van der Waals surface area contributed by atoms with Crippen molar-refractivity contribution in [3.8, 4) is 0 Å². The van der Waals surface area contributed by atoms with Crippen molar-refractivity contribution in [2.24, 2.45) is 23.7 Å². The quantitative estimate of drug-likeness (QED) is 0.444. The Morgan fingerprint density at radius 3 is 1.77 bits per heavy atom. The molecule has 176 valence electrons. The number of hydrogen-bond acceptors (Lipinski definition) is 5. The first-order chi connectivity index (χ1) is 13.8. The number of aliphatic hydroxyl groups excluding tert-OH is 1. The molecule has 0 fully saturated rings. The van der Waals surface area contributed by atoms with Gasteiger partial charge in [-0.25, -0.2) is 0 Å². The summed E-state index contributed by atoms with van der Waals surface area (Å²) in [4.78, 5) is 41.0. The Hall–Kier alpha value is -1.27. The van der Waals surface area contributed by atoms with Crippen LogP contribution in [0.3, 0.4) is 0 Å². The molecule has 0 saturated heterocycles. The molecule has 0 saturated carbocycles. The minimum absolute atomic E-state index is 0.0576. The summed E-state index contributed by atoms with van der Waals surface area (Å²) in [5, 5.41) is 13.1. The minimum atomic E-state index is -0.905. The van der Waals surface area contributed by atoms with Crippen molar-refractivity contribution < 1.29 is 19.5 Å². The van der Waals surface area contributed by atoms with E-state index in [1.54, 1.807) is 20.8 Å². The second-order valence-corrected chi connectivity index (χ2v) is 9.54. The van der Waals surface area contributed by atoms with Crippen molar-refractivity contribution in [1.29, 1.82) is 0 Å². The standard InChI is InChI=1S/C24H46N2O4/c1-11-16(7)21(20(28)13-19(18(9)27)23(29)14(3)4)25-24(30)22(17(8)12-2)26(10)15(5)6/h14-19,21-22,27H,11-13H2,1-10H3,(H,25,30)/t16-,17-,18-,19-,21-,22-/m0/s1. The molecule has 6 heteroatoms. The zero-order valence-electron chi connectivity index (χ0n) is 20.9. The third kappa shape index (κ3) is 8.10. The van der Waals surface area contributed by atoms with Gasteiger partial charge in [-0.1, -0.05) is 54.4 Å². The van der Waals surface area contributed by atoms with E-state index in [-0.39, 0.29) is 53.7 Å². The summed E-state index contributed by atoms with van der Waals surface area (Å²) in [7, 11) is 1.94. The number of carbonyl (C=O) groups excluding carboxylic acids is 3. The Morgan fingerprint density at radius 1 is 0.900 bits per heavy atom. The number of hydrogen-bond donors (Lipinski definition) is 2. The van der Waals surface area contributed by atoms with Crippen molar-refractivity contribution in [3.63, 3.8) is 0 Å². The van der Waals surface area contributed by atoms with E-state index in [0.717, 1.165) is 12.8 Å². The average molecular weight is 427 g/mol. The maximum absolute atomic E-state index is 13.3. The zero-order valence-corrected chi connectivity index (χ0v) is 20.9. The van der Waals surface area contributed by atoms with Crippen LogP contribution < -0.4 is 5.32 Å². The number of rotatable bonds is 14. The highest BCUT2D eigenvalue weighted by molar-refractivity contribution is 5.94. The minimum Gasteiger partial charge on any atom is -0.393 e. The van der Waals surface area contributed by atoms with Crippen LogP contribution in [-0.2, 0) is 14.4 Å². The molecular weight excluding hydrogens is 380 g/mol. The van der Waals surface area contributed by atoms with E-state index < -0.39 is 18.1 Å². The van der Waals surface area contributed by atoms with Gasteiger partial charge in [-0.2, -0.15) is 0 Å². The van der Waals surface area contributed by atoms with Crippen LogP contribution in [0.1, 0.15) is 81.6 Å². The highest BCUT2D eigenvalue weighted by Crippen LogP contribution is 2.22. The zero-order chi connectivity index (χ0) is 23.8. The van der Waals surface area contributed by atoms with Crippen LogP contribution in [-0.4, -0.2) is 58.8 Å². The molecule has 0 radical (unpaired) electrons. The van der Waals surface area contributed by atoms with Gasteiger partial charge >= 0.3 is 0 Å². The fourth-order valence-corrected chi connectivity index (χ4v) is 3.68. The monoisotopic (exact) mass is 426 g/mol. The maximum atomic E-state index is 13.3. The number of Topliss-reactive ketones (excluding diaryl/α,β-unsaturated/α-hetero) is 2. The highest BCUT2D eigenvalue weighted by Gasteiger charge is 2.36. The Bertz CT molecular complexity index is 559. The first kappa shape index (κ1) is 28.7. The lowest BCUT2D eigenvalue weighted by molar-refractivity contribution is -0.137. The molecular formula is C24H46N2O4. The number of amides is 1. The average Bonchev–Trinajstić information content (AvgIpc) is 2.68. The summed E-state index contributed by atoms with van der Waals surface area (Å²) in [6.45, 7) is 17.2. The Morgan fingerprint density at radius 2 is 1.40 bits per heavy atom. The lowest BCUT2D eigenvalue weighted by Crippen LogP contribution is -2.56. The van der Waals surface area contributed by atoms with Crippen LogP contribution in [0.15, 0.2) is 0 Å². The second kappa shape index (κ2) is 13.2. The fraction of sp³-hybridized carbons (Fsp3) is 0.875. The summed E-state index contributed by atoms with van der Waals surface area (Å²) in [5.74, 6) is -1.39. The lowest BCUT2D eigenvalue weighted by atomic mass is 9.83. The van der Waals surface area contributed by atoms with Crippen molar-refractivity contribution >= 4 is 17.5 Å². The normalized spacial score (nSPS) is 18.1. The van der Waals surface area contributed by atoms with Crippen LogP contribution in [0.25, 0.3) is 0 Å². The molecule has 0 aromatic carbocycles. The molecule has 1 amide bonds. The van der Waals surface area contributed by atoms with Gasteiger partial charge in [-0.15, -0.1) is 0 Å². The molecule has 0 heterocycles. The van der Waals surface area contributed by atoms with Gasteiger partial charge in [0.05, 0.1) is 24.1 Å². The van der Waals surface area contributed by atoms with Crippen LogP contribution in [0.5, 0.6) is 0 Å². The molecule has 0 bridgehead atoms. The van der Waals surface area contributed by atoms with Gasteiger partial charge in [0.15, 0.2) is 5.78 Å². The van der Waals surface area contributed by atoms with Gasteiger partial charge in [0.1, 0.15) is 5.78 Å². The molecule has 6 atom stereocenters. The van der Waals surface area contributed by atoms with E-state index in [2.05, 4.69) is 12.2 Å². The smallest absolute Gasteiger partial charge is 0.238 e. The predicted molar refractivity (Wildman–Crippen MR) is 122 cm³/mol. The summed E-state index contributed by atoms with van der Waals surface area (Å²) < 4.78 is 0. The topological polar surface area (TPSA) is 86.7 Å². The summed E-state index contributed by atoms with van der Waals surface area (Å²) in [6.07, 6.45) is 0.613. The maximum Gasteiger partial charge on any atom is 0.238 e. The number of nitrogens with one attached hydrogen (secondary N) is 1. The van der Waals surface area contributed by atoms with Gasteiger partial charge in [-0.05, 0) is 39.7 Å². The first-order valence-corrected chi connectivity index (χ1v) is 11.6. The van der Waals surface area contributed by atoms with Crippen molar-refractivity contribution in [2.75, 3.05) is 7.05 Å². The van der Waals surface area contributed by atoms with E-state index >= 15 is 0 Å². The second-order valence-electron chi connectivity index (χ2n) is 9.54. The number of carbonyl (C=O) groups is 3. The number of ketones is 2. The summed E-state index contributed by atoms with van der Waals surface area (Å²) in [6, 6.07) is -0.814. The van der Waals surface area contributed by atoms with E-state index in [0.29, 0.717) is 0 Å². The third-order valence-corrected chi connectivity index (χ3v) is 6.50. The van der Waals surface area contributed by atoms with Gasteiger partial charge in [0.25, 0.3) is 0 Å². The van der Waals surface area contributed by atoms with Gasteiger partial charge in [-0.3, -0.25) is 19.3 Å². The van der Waals surface area contributed by atoms with Crippen LogP contribution in [0.4, 0.5) is 0 Å². The predicted octanol–water partition coefficient (Wildman–Crippen LogP) is 3.45. The van der Waals surface area contributed by atoms with Crippen LogP contribution >= 0.6 is 0 Å². The Kier molecular flexibility index (Phi) is 12.6. The van der Waals surface area contributed by atoms with Crippen molar-refractivity contribution in [1.82, 2.24) is 10.2 Å². The van der Waals surface area contributed by atoms with E-state index in [1.165, 1.54) is 0 Å². The highest BCUT2D eigenvalue weighted by atomic mass is 16.3. The third-order valence-electron chi connectivity index (χ3n) is 6.50. The molecule has 0 aliphatic carbocycles. The number of nitrogens with zero attached hydrogens (tertiary/aromatic N) is 1. The number of likely N-dealkylation sites (N-methyl/N-ethyl adjacent to an activating group) is 1. The summed E-state index contributed by atoms with van der Waals surface area (Å²) >= 11 is 0. The molecule has 0 spiro atoms. The molecule has 30 heavy (non-hydrogen) atoms. The largest absolute Gasteiger partial charge is 0.393 e. The van der Waals surface area contributed by atoms with Crippen molar-refractivity contribution in [3.05, 3.63) is 0 Å². The Balaban J connectivity index is 5.70. The number of aliphatic hydroxyl groups is 1. The van der Waals surface area contributed by atoms with Gasteiger partial charge in [0.2, 0.25) is 5.91 Å². The Labute approximate surface area is 184 Å². The van der Waals surface area contributed by atoms with Crippen molar-refractivity contribution in [2.45, 2.75) is 106 Å². The molecule has 0 aliphatic rings. The summed E-state index contributed by atoms with van der Waals surface area (Å²) in [5.41, 5.74) is 0. The van der Waals surface area contributed by atoms with Gasteiger partial charge < -0.3 is 10.4 Å². The molecule has 0 rings (SSSR count).